The third-order valence-electron chi connectivity index (χ3n) is 2.40. The molecule has 0 aliphatic carbocycles. The predicted octanol–water partition coefficient (Wildman–Crippen LogP) is 3.78. The lowest BCUT2D eigenvalue weighted by atomic mass is 10.3. The molecule has 2 rings (SSSR count). The van der Waals surface area contributed by atoms with Gasteiger partial charge in [-0.1, -0.05) is 23.2 Å². The van der Waals surface area contributed by atoms with Crippen molar-refractivity contribution in [3.8, 4) is 5.75 Å². The van der Waals surface area contributed by atoms with Crippen molar-refractivity contribution in [3.05, 3.63) is 52.0 Å². The van der Waals surface area contributed by atoms with Crippen LogP contribution in [0.3, 0.4) is 0 Å². The number of phenols is 1. The predicted molar refractivity (Wildman–Crippen MR) is 75.3 cm³/mol. The molecule has 0 heterocycles. The van der Waals surface area contributed by atoms with Crippen LogP contribution in [-0.2, 0) is 10.0 Å². The molecule has 0 aromatic heterocycles. The number of benzene rings is 2. The summed E-state index contributed by atoms with van der Waals surface area (Å²) in [5.74, 6) is -2.63. The summed E-state index contributed by atoms with van der Waals surface area (Å²) in [4.78, 5) is -0.607. The van der Waals surface area contributed by atoms with Gasteiger partial charge < -0.3 is 5.11 Å². The van der Waals surface area contributed by atoms with Crippen LogP contribution in [0.25, 0.3) is 0 Å². The summed E-state index contributed by atoms with van der Waals surface area (Å²) in [5, 5.41) is 9.39. The minimum absolute atomic E-state index is 0.0244. The van der Waals surface area contributed by atoms with Gasteiger partial charge in [0.05, 0.1) is 10.7 Å². The van der Waals surface area contributed by atoms with Gasteiger partial charge in [0.1, 0.15) is 16.5 Å². The van der Waals surface area contributed by atoms with Crippen molar-refractivity contribution in [1.29, 1.82) is 0 Å². The van der Waals surface area contributed by atoms with Crippen LogP contribution < -0.4 is 4.72 Å². The fourth-order valence-electron chi connectivity index (χ4n) is 1.57. The average Bonchev–Trinajstić information content (AvgIpc) is 2.31. The van der Waals surface area contributed by atoms with E-state index in [0.717, 1.165) is 24.3 Å². The lowest BCUT2D eigenvalue weighted by molar-refractivity contribution is 0.459. The largest absolute Gasteiger partial charge is 0.505 e. The van der Waals surface area contributed by atoms with Gasteiger partial charge in [0.15, 0.2) is 5.75 Å². The Balaban J connectivity index is 2.48. The number of halogens is 4. The van der Waals surface area contributed by atoms with Crippen LogP contribution in [0, 0.1) is 11.6 Å². The molecule has 0 bridgehead atoms. The van der Waals surface area contributed by atoms with Gasteiger partial charge in [-0.15, -0.1) is 0 Å². The number of hydrogen-bond donors (Lipinski definition) is 2. The van der Waals surface area contributed by atoms with Crippen LogP contribution in [0.1, 0.15) is 0 Å². The smallest absolute Gasteiger partial charge is 0.265 e. The minimum atomic E-state index is -4.32. The van der Waals surface area contributed by atoms with E-state index < -0.39 is 32.3 Å². The second-order valence-electron chi connectivity index (χ2n) is 4.00. The number of aromatic hydroxyl groups is 1. The maximum absolute atomic E-state index is 13.0. The maximum atomic E-state index is 13.0. The lowest BCUT2D eigenvalue weighted by Gasteiger charge is -2.11. The fraction of sp³-hybridized carbons (Fsp3) is 0. The molecular formula is C12H7Cl2F2NO3S. The Morgan fingerprint density at radius 3 is 2.14 bits per heavy atom. The summed E-state index contributed by atoms with van der Waals surface area (Å²) in [6.45, 7) is 0. The number of phenolic OH excluding ortho intramolecular Hbond substituents is 1. The van der Waals surface area contributed by atoms with Crippen LogP contribution in [0.5, 0.6) is 5.75 Å². The Morgan fingerprint density at radius 1 is 1.00 bits per heavy atom. The lowest BCUT2D eigenvalue weighted by Crippen LogP contribution is -2.13. The van der Waals surface area contributed by atoms with Gasteiger partial charge in [-0.3, -0.25) is 4.72 Å². The number of rotatable bonds is 3. The minimum Gasteiger partial charge on any atom is -0.505 e. The summed E-state index contributed by atoms with van der Waals surface area (Å²) in [6, 6.07) is 4.26. The SMILES string of the molecule is O=S(=O)(Nc1cc(F)cc(F)c1)c1cc(Cl)cc(Cl)c1O. The van der Waals surface area contributed by atoms with Crippen molar-refractivity contribution in [2.75, 3.05) is 4.72 Å². The molecule has 0 atom stereocenters. The van der Waals surface area contributed by atoms with Gasteiger partial charge in [0.2, 0.25) is 0 Å². The molecule has 4 nitrogen and oxygen atoms in total. The Labute approximate surface area is 129 Å². The van der Waals surface area contributed by atoms with Crippen LogP contribution >= 0.6 is 23.2 Å². The average molecular weight is 354 g/mol. The molecule has 0 aliphatic heterocycles. The topological polar surface area (TPSA) is 66.4 Å². The molecule has 0 aliphatic rings. The number of sulfonamides is 1. The zero-order valence-corrected chi connectivity index (χ0v) is 12.4. The Hall–Kier alpha value is -1.57. The summed E-state index contributed by atoms with van der Waals surface area (Å²) in [6.07, 6.45) is 0. The number of nitrogens with one attached hydrogen (secondary N) is 1. The van der Waals surface area contributed by atoms with Crippen LogP contribution in [-0.4, -0.2) is 13.5 Å². The van der Waals surface area contributed by atoms with Crippen molar-refractivity contribution >= 4 is 38.9 Å². The second kappa shape index (κ2) is 5.67. The van der Waals surface area contributed by atoms with Gasteiger partial charge in [0.25, 0.3) is 10.0 Å². The molecule has 9 heteroatoms. The first-order valence-electron chi connectivity index (χ1n) is 5.36. The van der Waals surface area contributed by atoms with Crippen LogP contribution in [0.15, 0.2) is 35.2 Å². The van der Waals surface area contributed by atoms with E-state index in [-0.39, 0.29) is 15.7 Å². The van der Waals surface area contributed by atoms with Gasteiger partial charge in [-0.2, -0.15) is 0 Å². The highest BCUT2D eigenvalue weighted by molar-refractivity contribution is 7.92. The first-order chi connectivity index (χ1) is 9.69. The highest BCUT2D eigenvalue weighted by Gasteiger charge is 2.22. The maximum Gasteiger partial charge on any atom is 0.265 e. The third kappa shape index (κ3) is 3.55. The molecule has 0 amide bonds. The Bertz CT molecular complexity index is 792. The molecule has 0 saturated carbocycles. The third-order valence-corrected chi connectivity index (χ3v) is 4.30. The van der Waals surface area contributed by atoms with E-state index in [2.05, 4.69) is 0 Å². The van der Waals surface area contributed by atoms with E-state index in [9.17, 15) is 22.3 Å². The molecular weight excluding hydrogens is 347 g/mol. The monoisotopic (exact) mass is 353 g/mol. The van der Waals surface area contributed by atoms with Crippen molar-refractivity contribution in [1.82, 2.24) is 0 Å². The normalized spacial score (nSPS) is 11.4. The van der Waals surface area contributed by atoms with Crippen molar-refractivity contribution in [2.24, 2.45) is 0 Å². The fourth-order valence-corrected chi connectivity index (χ4v) is 3.37. The number of hydrogen-bond acceptors (Lipinski definition) is 3. The molecule has 21 heavy (non-hydrogen) atoms. The summed E-state index contributed by atoms with van der Waals surface area (Å²) < 4.78 is 52.3. The van der Waals surface area contributed by atoms with Gasteiger partial charge in [-0.05, 0) is 24.3 Å². The first kappa shape index (κ1) is 15.8. The molecule has 112 valence electrons. The van der Waals surface area contributed by atoms with E-state index in [1.165, 1.54) is 0 Å². The van der Waals surface area contributed by atoms with E-state index in [0.29, 0.717) is 6.07 Å². The van der Waals surface area contributed by atoms with Crippen molar-refractivity contribution in [2.45, 2.75) is 4.90 Å². The molecule has 0 spiro atoms. The molecule has 0 radical (unpaired) electrons. The Kier molecular flexibility index (Phi) is 4.27. The van der Waals surface area contributed by atoms with Gasteiger partial charge in [0, 0.05) is 11.1 Å². The molecule has 0 saturated heterocycles. The van der Waals surface area contributed by atoms with Gasteiger partial charge in [-0.25, -0.2) is 17.2 Å². The number of anilines is 1. The summed E-state index contributed by atoms with van der Waals surface area (Å²) in [7, 11) is -4.32. The molecule has 0 unspecified atom stereocenters. The van der Waals surface area contributed by atoms with E-state index in [4.69, 9.17) is 23.2 Å². The van der Waals surface area contributed by atoms with Crippen molar-refractivity contribution < 1.29 is 22.3 Å². The van der Waals surface area contributed by atoms with Crippen LogP contribution in [0.2, 0.25) is 10.0 Å². The van der Waals surface area contributed by atoms with Crippen molar-refractivity contribution in [3.63, 3.8) is 0 Å². The summed E-state index contributed by atoms with van der Waals surface area (Å²) >= 11 is 11.3. The zero-order valence-electron chi connectivity index (χ0n) is 10.1. The molecule has 2 aromatic rings. The highest BCUT2D eigenvalue weighted by Crippen LogP contribution is 2.35. The van der Waals surface area contributed by atoms with E-state index in [1.807, 2.05) is 4.72 Å². The Morgan fingerprint density at radius 2 is 1.57 bits per heavy atom. The van der Waals surface area contributed by atoms with Gasteiger partial charge >= 0.3 is 0 Å². The zero-order chi connectivity index (χ0) is 15.8. The molecule has 2 N–H and O–H groups in total. The molecule has 0 fully saturated rings. The summed E-state index contributed by atoms with van der Waals surface area (Å²) in [5.41, 5.74) is -0.344. The van der Waals surface area contributed by atoms with E-state index >= 15 is 0 Å². The standard InChI is InChI=1S/C12H7Cl2F2NO3S/c13-6-1-10(14)12(18)11(2-6)21(19,20)17-9-4-7(15)3-8(16)5-9/h1-5,17-18H. The first-order valence-corrected chi connectivity index (χ1v) is 7.60. The molecule has 2 aromatic carbocycles. The quantitative estimate of drug-likeness (QED) is 0.882. The van der Waals surface area contributed by atoms with E-state index in [1.54, 1.807) is 0 Å². The highest BCUT2D eigenvalue weighted by atomic mass is 35.5. The van der Waals surface area contributed by atoms with Crippen LogP contribution in [0.4, 0.5) is 14.5 Å². The second-order valence-corrected chi connectivity index (χ2v) is 6.49.